The molecule has 6 nitrogen and oxygen atoms in total. The van der Waals surface area contributed by atoms with Crippen LogP contribution in [-0.4, -0.2) is 34.3 Å². The Morgan fingerprint density at radius 3 is 2.75 bits per heavy atom. The monoisotopic (exact) mass is 296 g/mol. The highest BCUT2D eigenvalue weighted by atomic mass is 32.2. The highest BCUT2D eigenvalue weighted by molar-refractivity contribution is 7.98. The second-order valence-corrected chi connectivity index (χ2v) is 5.78. The van der Waals surface area contributed by atoms with Gasteiger partial charge in [-0.3, -0.25) is 14.9 Å². The van der Waals surface area contributed by atoms with Gasteiger partial charge in [0.25, 0.3) is 11.6 Å². The van der Waals surface area contributed by atoms with Gasteiger partial charge in [0.15, 0.2) is 0 Å². The zero-order chi connectivity index (χ0) is 14.8. The van der Waals surface area contributed by atoms with Crippen molar-refractivity contribution in [2.45, 2.75) is 29.8 Å². The first-order chi connectivity index (χ1) is 9.45. The number of hydrogen-bond donors (Lipinski definition) is 2. The molecule has 7 heteroatoms. The number of aliphatic hydroxyl groups is 1. The Balaban J connectivity index is 2.16. The van der Waals surface area contributed by atoms with Crippen molar-refractivity contribution in [3.05, 3.63) is 33.9 Å². The number of thioether (sulfide) groups is 1. The van der Waals surface area contributed by atoms with E-state index in [1.165, 1.54) is 23.9 Å². The van der Waals surface area contributed by atoms with Crippen molar-refractivity contribution in [1.29, 1.82) is 0 Å². The third kappa shape index (κ3) is 3.10. The van der Waals surface area contributed by atoms with E-state index in [0.29, 0.717) is 12.8 Å². The zero-order valence-corrected chi connectivity index (χ0v) is 11.9. The molecule has 1 fully saturated rings. The van der Waals surface area contributed by atoms with E-state index in [1.807, 2.05) is 6.26 Å². The molecule has 20 heavy (non-hydrogen) atoms. The van der Waals surface area contributed by atoms with Crippen LogP contribution in [0.5, 0.6) is 0 Å². The molecule has 0 bridgehead atoms. The van der Waals surface area contributed by atoms with Gasteiger partial charge >= 0.3 is 0 Å². The second-order valence-electron chi connectivity index (χ2n) is 4.90. The number of nitrogens with one attached hydrogen (secondary N) is 1. The average molecular weight is 296 g/mol. The minimum Gasteiger partial charge on any atom is -0.388 e. The number of amides is 1. The molecular formula is C13H16N2O4S. The second kappa shape index (κ2) is 5.80. The molecule has 0 aliphatic heterocycles. The van der Waals surface area contributed by atoms with Gasteiger partial charge in [0.05, 0.1) is 10.5 Å². The standard InChI is InChI=1S/C13H16N2O4S/c1-20-9-3-4-11(15(18)19)10(7-9)12(16)14-8-13(17)5-2-6-13/h3-4,7,17H,2,5-6,8H2,1H3,(H,14,16). The highest BCUT2D eigenvalue weighted by Crippen LogP contribution is 2.31. The topological polar surface area (TPSA) is 92.5 Å². The van der Waals surface area contributed by atoms with Gasteiger partial charge in [-0.05, 0) is 37.7 Å². The molecule has 2 N–H and O–H groups in total. The van der Waals surface area contributed by atoms with Crippen LogP contribution in [0.1, 0.15) is 29.6 Å². The Morgan fingerprint density at radius 2 is 2.25 bits per heavy atom. The number of nitrogens with zero attached hydrogens (tertiary/aromatic N) is 1. The van der Waals surface area contributed by atoms with Crippen molar-refractivity contribution < 1.29 is 14.8 Å². The fraction of sp³-hybridized carbons (Fsp3) is 0.462. The summed E-state index contributed by atoms with van der Waals surface area (Å²) in [6.45, 7) is 0.131. The lowest BCUT2D eigenvalue weighted by Gasteiger charge is -2.36. The van der Waals surface area contributed by atoms with Crippen molar-refractivity contribution >= 4 is 23.4 Å². The van der Waals surface area contributed by atoms with Gasteiger partial charge in [0.2, 0.25) is 0 Å². The summed E-state index contributed by atoms with van der Waals surface area (Å²) in [7, 11) is 0. The molecule has 0 atom stereocenters. The first-order valence-electron chi connectivity index (χ1n) is 6.28. The van der Waals surface area contributed by atoms with Crippen molar-refractivity contribution in [1.82, 2.24) is 5.32 Å². The predicted molar refractivity (Wildman–Crippen MR) is 76.0 cm³/mol. The van der Waals surface area contributed by atoms with E-state index in [0.717, 1.165) is 11.3 Å². The maximum absolute atomic E-state index is 12.1. The summed E-state index contributed by atoms with van der Waals surface area (Å²) in [4.78, 5) is 23.3. The molecule has 0 heterocycles. The molecule has 0 unspecified atom stereocenters. The molecule has 0 saturated heterocycles. The molecule has 0 spiro atoms. The van der Waals surface area contributed by atoms with E-state index >= 15 is 0 Å². The average Bonchev–Trinajstić information content (AvgIpc) is 2.41. The van der Waals surface area contributed by atoms with Crippen molar-refractivity contribution in [3.8, 4) is 0 Å². The summed E-state index contributed by atoms with van der Waals surface area (Å²) in [5.41, 5.74) is -1.03. The van der Waals surface area contributed by atoms with Gasteiger partial charge < -0.3 is 10.4 Å². The minimum absolute atomic E-state index is 0.0322. The molecule has 1 amide bonds. The van der Waals surface area contributed by atoms with Gasteiger partial charge in [-0.25, -0.2) is 0 Å². The molecule has 1 aromatic carbocycles. The van der Waals surface area contributed by atoms with Gasteiger partial charge in [-0.1, -0.05) is 0 Å². The lowest BCUT2D eigenvalue weighted by atomic mass is 9.80. The quantitative estimate of drug-likeness (QED) is 0.492. The third-order valence-electron chi connectivity index (χ3n) is 3.51. The minimum atomic E-state index is -0.846. The van der Waals surface area contributed by atoms with Crippen LogP contribution in [0.3, 0.4) is 0 Å². The van der Waals surface area contributed by atoms with Gasteiger partial charge in [-0.15, -0.1) is 11.8 Å². The van der Waals surface area contributed by atoms with E-state index in [9.17, 15) is 20.0 Å². The first-order valence-corrected chi connectivity index (χ1v) is 7.51. The number of carbonyl (C=O) groups is 1. The van der Waals surface area contributed by atoms with E-state index in [-0.39, 0.29) is 17.8 Å². The van der Waals surface area contributed by atoms with Gasteiger partial charge in [0, 0.05) is 17.5 Å². The lowest BCUT2D eigenvalue weighted by molar-refractivity contribution is -0.385. The van der Waals surface area contributed by atoms with Crippen LogP contribution in [0.25, 0.3) is 0 Å². The summed E-state index contributed by atoms with van der Waals surface area (Å²) in [5.74, 6) is -0.520. The van der Waals surface area contributed by atoms with Crippen LogP contribution >= 0.6 is 11.8 Å². The van der Waals surface area contributed by atoms with E-state index < -0.39 is 16.4 Å². The number of benzene rings is 1. The molecule has 1 aliphatic carbocycles. The van der Waals surface area contributed by atoms with Crippen LogP contribution in [0.4, 0.5) is 5.69 Å². The molecule has 1 saturated carbocycles. The number of nitro benzene ring substituents is 1. The first kappa shape index (κ1) is 14.8. The summed E-state index contributed by atoms with van der Waals surface area (Å²) < 4.78 is 0. The molecule has 2 rings (SSSR count). The number of rotatable bonds is 5. The summed E-state index contributed by atoms with van der Waals surface area (Å²) in [6.07, 6.45) is 4.08. The smallest absolute Gasteiger partial charge is 0.282 e. The third-order valence-corrected chi connectivity index (χ3v) is 4.23. The summed E-state index contributed by atoms with van der Waals surface area (Å²) >= 11 is 1.41. The fourth-order valence-electron chi connectivity index (χ4n) is 2.08. The fourth-order valence-corrected chi connectivity index (χ4v) is 2.52. The molecule has 0 aromatic heterocycles. The number of carbonyl (C=O) groups excluding carboxylic acids is 1. The van der Waals surface area contributed by atoms with E-state index in [1.54, 1.807) is 6.07 Å². The van der Waals surface area contributed by atoms with Crippen molar-refractivity contribution in [3.63, 3.8) is 0 Å². The lowest BCUT2D eigenvalue weighted by Crippen LogP contribution is -2.47. The largest absolute Gasteiger partial charge is 0.388 e. The van der Waals surface area contributed by atoms with Gasteiger partial charge in [0.1, 0.15) is 5.56 Å². The Hall–Kier alpha value is -1.60. The maximum atomic E-state index is 12.1. The van der Waals surface area contributed by atoms with E-state index in [4.69, 9.17) is 0 Å². The summed E-state index contributed by atoms with van der Waals surface area (Å²) in [6, 6.07) is 4.45. The Bertz CT molecular complexity index is 543. The Labute approximate surface area is 120 Å². The predicted octanol–water partition coefficient (Wildman–Crippen LogP) is 1.96. The molecule has 1 aromatic rings. The highest BCUT2D eigenvalue weighted by Gasteiger charge is 2.35. The number of nitro groups is 1. The Kier molecular flexibility index (Phi) is 4.29. The summed E-state index contributed by atoms with van der Waals surface area (Å²) in [5, 5.41) is 23.5. The molecule has 108 valence electrons. The molecule has 0 radical (unpaired) electrons. The van der Waals surface area contributed by atoms with Crippen LogP contribution < -0.4 is 5.32 Å². The molecule has 1 aliphatic rings. The SMILES string of the molecule is CSc1ccc([N+](=O)[O-])c(C(=O)NCC2(O)CCC2)c1. The maximum Gasteiger partial charge on any atom is 0.282 e. The molecular weight excluding hydrogens is 280 g/mol. The van der Waals surface area contributed by atoms with Crippen LogP contribution in [0.15, 0.2) is 23.1 Å². The normalized spacial score (nSPS) is 16.3. The number of hydrogen-bond acceptors (Lipinski definition) is 5. The van der Waals surface area contributed by atoms with E-state index in [2.05, 4.69) is 5.32 Å². The van der Waals surface area contributed by atoms with Crippen molar-refractivity contribution in [2.24, 2.45) is 0 Å². The zero-order valence-electron chi connectivity index (χ0n) is 11.1. The van der Waals surface area contributed by atoms with Crippen LogP contribution in [-0.2, 0) is 0 Å². The van der Waals surface area contributed by atoms with Crippen LogP contribution in [0.2, 0.25) is 0 Å². The van der Waals surface area contributed by atoms with Gasteiger partial charge in [-0.2, -0.15) is 0 Å². The van der Waals surface area contributed by atoms with Crippen molar-refractivity contribution in [2.75, 3.05) is 12.8 Å². The Morgan fingerprint density at radius 1 is 1.55 bits per heavy atom. The van der Waals surface area contributed by atoms with Crippen LogP contribution in [0, 0.1) is 10.1 Å².